The van der Waals surface area contributed by atoms with Crippen molar-refractivity contribution in [1.29, 1.82) is 0 Å². The summed E-state index contributed by atoms with van der Waals surface area (Å²) in [6.07, 6.45) is 12.2. The maximum atomic E-state index is 11.6. The monoisotopic (exact) mass is 368 g/mol. The molecule has 4 unspecified atom stereocenters. The summed E-state index contributed by atoms with van der Waals surface area (Å²) in [7, 11) is -0.957. The molecule has 2 aliphatic rings. The highest BCUT2D eigenvalue weighted by Gasteiger charge is 2.23. The summed E-state index contributed by atoms with van der Waals surface area (Å²) in [6, 6.07) is 0.166. The van der Waals surface area contributed by atoms with Crippen molar-refractivity contribution >= 4 is 11.0 Å². The SMILES string of the molecule is CC1=CC(NC(O)CCCCNS(=O)C(C)C)CC=C1C1CC=CO1. The molecule has 0 aromatic carbocycles. The molecule has 1 aliphatic heterocycles. The number of ether oxygens (including phenoxy) is 1. The van der Waals surface area contributed by atoms with Gasteiger partial charge in [0, 0.05) is 24.3 Å². The van der Waals surface area contributed by atoms with Crippen molar-refractivity contribution in [2.75, 3.05) is 6.54 Å². The first kappa shape index (κ1) is 20.4. The molecular weight excluding hydrogens is 336 g/mol. The molecule has 0 aromatic rings. The average molecular weight is 369 g/mol. The van der Waals surface area contributed by atoms with Crippen LogP contribution in [0.5, 0.6) is 0 Å². The third-order valence-electron chi connectivity index (χ3n) is 4.52. The van der Waals surface area contributed by atoms with E-state index < -0.39 is 17.2 Å². The topological polar surface area (TPSA) is 70.6 Å². The molecule has 0 saturated heterocycles. The molecule has 0 amide bonds. The minimum absolute atomic E-state index is 0.136. The van der Waals surface area contributed by atoms with Crippen molar-refractivity contribution in [3.05, 3.63) is 35.6 Å². The Morgan fingerprint density at radius 2 is 2.16 bits per heavy atom. The number of nitrogens with one attached hydrogen (secondary N) is 2. The van der Waals surface area contributed by atoms with E-state index >= 15 is 0 Å². The van der Waals surface area contributed by atoms with Gasteiger partial charge < -0.3 is 9.84 Å². The van der Waals surface area contributed by atoms with E-state index in [-0.39, 0.29) is 17.4 Å². The van der Waals surface area contributed by atoms with Crippen LogP contribution in [-0.2, 0) is 15.7 Å². The lowest BCUT2D eigenvalue weighted by molar-refractivity contribution is 0.116. The number of unbranched alkanes of at least 4 members (excludes halogenated alkanes) is 1. The molecule has 5 nitrogen and oxygen atoms in total. The van der Waals surface area contributed by atoms with Gasteiger partial charge in [-0.05, 0) is 63.7 Å². The summed E-state index contributed by atoms with van der Waals surface area (Å²) in [5.41, 5.74) is 2.49. The van der Waals surface area contributed by atoms with Crippen LogP contribution in [0, 0.1) is 0 Å². The van der Waals surface area contributed by atoms with Gasteiger partial charge in [0.25, 0.3) is 0 Å². The molecule has 1 heterocycles. The molecule has 6 heteroatoms. The number of hydrogen-bond donors (Lipinski definition) is 3. The molecule has 0 fully saturated rings. The minimum atomic E-state index is -0.957. The number of aliphatic hydroxyl groups excluding tert-OH is 1. The van der Waals surface area contributed by atoms with Crippen LogP contribution in [0.3, 0.4) is 0 Å². The Bertz CT molecular complexity index is 535. The van der Waals surface area contributed by atoms with Gasteiger partial charge >= 0.3 is 0 Å². The summed E-state index contributed by atoms with van der Waals surface area (Å²) >= 11 is 0. The first-order chi connectivity index (χ1) is 12.0. The summed E-state index contributed by atoms with van der Waals surface area (Å²) in [5, 5.41) is 13.6. The number of hydrogen-bond acceptors (Lipinski definition) is 4. The van der Waals surface area contributed by atoms with Crippen LogP contribution in [0.1, 0.15) is 52.9 Å². The van der Waals surface area contributed by atoms with Crippen molar-refractivity contribution in [2.45, 2.75) is 76.5 Å². The first-order valence-corrected chi connectivity index (χ1v) is 10.5. The van der Waals surface area contributed by atoms with Crippen molar-refractivity contribution in [2.24, 2.45) is 0 Å². The quantitative estimate of drug-likeness (QED) is 0.410. The fourth-order valence-electron chi connectivity index (χ4n) is 3.10. The van der Waals surface area contributed by atoms with E-state index in [1.165, 1.54) is 11.1 Å². The Morgan fingerprint density at radius 3 is 2.80 bits per heavy atom. The highest BCUT2D eigenvalue weighted by Crippen LogP contribution is 2.28. The van der Waals surface area contributed by atoms with Crippen molar-refractivity contribution in [3.63, 3.8) is 0 Å². The maximum absolute atomic E-state index is 11.6. The highest BCUT2D eigenvalue weighted by atomic mass is 32.2. The highest BCUT2D eigenvalue weighted by molar-refractivity contribution is 7.83. The second kappa shape index (κ2) is 10.3. The molecule has 142 valence electrons. The zero-order valence-electron chi connectivity index (χ0n) is 15.5. The zero-order valence-corrected chi connectivity index (χ0v) is 16.3. The molecule has 4 atom stereocenters. The normalized spacial score (nSPS) is 25.5. The van der Waals surface area contributed by atoms with E-state index in [2.05, 4.69) is 35.2 Å². The van der Waals surface area contributed by atoms with Crippen molar-refractivity contribution in [1.82, 2.24) is 10.0 Å². The van der Waals surface area contributed by atoms with Crippen LogP contribution >= 0.6 is 0 Å². The average Bonchev–Trinajstić information content (AvgIpc) is 3.08. The van der Waals surface area contributed by atoms with Crippen LogP contribution in [0.15, 0.2) is 35.6 Å². The second-order valence-electron chi connectivity index (χ2n) is 7.00. The van der Waals surface area contributed by atoms with Gasteiger partial charge in [-0.2, -0.15) is 0 Å². The van der Waals surface area contributed by atoms with E-state index in [1.807, 2.05) is 13.8 Å². The minimum Gasteiger partial charge on any atom is -0.493 e. The maximum Gasteiger partial charge on any atom is 0.126 e. The van der Waals surface area contributed by atoms with E-state index in [9.17, 15) is 9.32 Å². The van der Waals surface area contributed by atoms with Crippen molar-refractivity contribution < 1.29 is 14.1 Å². The molecule has 3 N–H and O–H groups in total. The predicted octanol–water partition coefficient (Wildman–Crippen LogP) is 2.67. The Labute approximate surface area is 154 Å². The van der Waals surface area contributed by atoms with Crippen LogP contribution in [-0.4, -0.2) is 39.5 Å². The molecule has 0 radical (unpaired) electrons. The molecule has 1 aliphatic carbocycles. The van der Waals surface area contributed by atoms with E-state index in [1.54, 1.807) is 6.26 Å². The van der Waals surface area contributed by atoms with E-state index in [0.717, 1.165) is 32.2 Å². The smallest absolute Gasteiger partial charge is 0.126 e. The summed E-state index contributed by atoms with van der Waals surface area (Å²) in [6.45, 7) is 6.70. The van der Waals surface area contributed by atoms with Crippen LogP contribution < -0.4 is 10.0 Å². The molecule has 25 heavy (non-hydrogen) atoms. The summed E-state index contributed by atoms with van der Waals surface area (Å²) in [5.74, 6) is 0. The lowest BCUT2D eigenvalue weighted by Gasteiger charge is -2.26. The molecule has 2 rings (SSSR count). The number of aliphatic hydroxyl groups is 1. The molecule has 0 aromatic heterocycles. The second-order valence-corrected chi connectivity index (χ2v) is 8.83. The summed E-state index contributed by atoms with van der Waals surface area (Å²) < 4.78 is 20.2. The van der Waals surface area contributed by atoms with Gasteiger partial charge in [-0.15, -0.1) is 0 Å². The fourth-order valence-corrected chi connectivity index (χ4v) is 3.78. The third-order valence-corrected chi connectivity index (χ3v) is 5.86. The zero-order chi connectivity index (χ0) is 18.2. The Balaban J connectivity index is 1.63. The van der Waals surface area contributed by atoms with Gasteiger partial charge in [-0.3, -0.25) is 5.32 Å². The molecule has 0 spiro atoms. The molecule has 0 saturated carbocycles. The third kappa shape index (κ3) is 6.70. The standard InChI is InChI=1S/C19H32N2O3S/c1-14(2)25(23)20-11-5-4-8-19(22)21-16-9-10-17(15(3)13-16)18-7-6-12-24-18/h6,10,12-14,16,18-22H,4-5,7-9,11H2,1-3H3. The van der Waals surface area contributed by atoms with Gasteiger partial charge in [-0.1, -0.05) is 12.2 Å². The van der Waals surface area contributed by atoms with E-state index in [0.29, 0.717) is 6.42 Å². The van der Waals surface area contributed by atoms with E-state index in [4.69, 9.17) is 4.74 Å². The Kier molecular flexibility index (Phi) is 8.36. The molecule has 0 bridgehead atoms. The first-order valence-electron chi connectivity index (χ1n) is 9.25. The largest absolute Gasteiger partial charge is 0.493 e. The van der Waals surface area contributed by atoms with Gasteiger partial charge in [0.2, 0.25) is 0 Å². The van der Waals surface area contributed by atoms with Crippen LogP contribution in [0.25, 0.3) is 0 Å². The van der Waals surface area contributed by atoms with Gasteiger partial charge in [0.15, 0.2) is 0 Å². The van der Waals surface area contributed by atoms with Crippen LogP contribution in [0.2, 0.25) is 0 Å². The fraction of sp³-hybridized carbons (Fsp3) is 0.684. The Hall–Kier alpha value is -0.950. The lowest BCUT2D eigenvalue weighted by Crippen LogP contribution is -2.38. The van der Waals surface area contributed by atoms with Gasteiger partial charge in [0.1, 0.15) is 12.3 Å². The predicted molar refractivity (Wildman–Crippen MR) is 103 cm³/mol. The summed E-state index contributed by atoms with van der Waals surface area (Å²) in [4.78, 5) is 0. The Morgan fingerprint density at radius 1 is 1.36 bits per heavy atom. The van der Waals surface area contributed by atoms with Gasteiger partial charge in [-0.25, -0.2) is 8.93 Å². The van der Waals surface area contributed by atoms with Crippen molar-refractivity contribution in [3.8, 4) is 0 Å². The van der Waals surface area contributed by atoms with Crippen LogP contribution in [0.4, 0.5) is 0 Å². The molecular formula is C19H32N2O3S. The van der Waals surface area contributed by atoms with Gasteiger partial charge in [0.05, 0.1) is 17.2 Å². The number of rotatable bonds is 10. The lowest BCUT2D eigenvalue weighted by atomic mass is 9.91.